The summed E-state index contributed by atoms with van der Waals surface area (Å²) in [7, 11) is 1.64. The van der Waals surface area contributed by atoms with E-state index < -0.39 is 0 Å². The molecule has 1 aromatic heterocycles. The van der Waals surface area contributed by atoms with Crippen molar-refractivity contribution >= 4 is 17.1 Å². The molecule has 3 rings (SSSR count). The van der Waals surface area contributed by atoms with Gasteiger partial charge in [-0.1, -0.05) is 24.3 Å². The first-order valence-electron chi connectivity index (χ1n) is 6.04. The summed E-state index contributed by atoms with van der Waals surface area (Å²) < 4.78 is 5.15. The van der Waals surface area contributed by atoms with Crippen LogP contribution in [0.3, 0.4) is 0 Å². The molecule has 0 unspecified atom stereocenters. The Morgan fingerprint density at radius 1 is 1.00 bits per heavy atom. The Kier molecular flexibility index (Phi) is 2.80. The molecule has 94 valence electrons. The lowest BCUT2D eigenvalue weighted by Crippen LogP contribution is -1.84. The van der Waals surface area contributed by atoms with E-state index >= 15 is 0 Å². The molecule has 1 heterocycles. The second-order valence-corrected chi connectivity index (χ2v) is 4.31. The zero-order chi connectivity index (χ0) is 13.2. The topological polar surface area (TPSA) is 42.1 Å². The number of methoxy groups -OCH3 is 1. The fraction of sp³-hybridized carbons (Fsp3) is 0.0625. The van der Waals surface area contributed by atoms with Gasteiger partial charge >= 0.3 is 0 Å². The number of aldehydes is 1. The smallest absolute Gasteiger partial charge is 0.166 e. The van der Waals surface area contributed by atoms with Crippen molar-refractivity contribution in [1.82, 2.24) is 4.98 Å². The van der Waals surface area contributed by atoms with E-state index in [1.165, 1.54) is 0 Å². The molecule has 1 N–H and O–H groups in total. The number of ether oxygens (including phenoxy) is 1. The number of benzene rings is 2. The minimum absolute atomic E-state index is 0.612. The largest absolute Gasteiger partial charge is 0.497 e. The molecule has 19 heavy (non-hydrogen) atoms. The minimum Gasteiger partial charge on any atom is -0.497 e. The molecule has 3 aromatic rings. The fourth-order valence-corrected chi connectivity index (χ4v) is 2.28. The molecule has 0 saturated heterocycles. The third-order valence-corrected chi connectivity index (χ3v) is 3.24. The maximum atomic E-state index is 11.1. The molecular weight excluding hydrogens is 238 g/mol. The Morgan fingerprint density at radius 2 is 1.68 bits per heavy atom. The lowest BCUT2D eigenvalue weighted by atomic mass is 10.1. The molecule has 0 bridgehead atoms. The normalized spacial score (nSPS) is 10.6. The molecule has 0 aliphatic heterocycles. The van der Waals surface area contributed by atoms with Gasteiger partial charge in [-0.25, -0.2) is 0 Å². The first-order valence-corrected chi connectivity index (χ1v) is 6.04. The Balaban J connectivity index is 2.21. The number of carbonyl (C=O) groups is 1. The number of rotatable bonds is 3. The predicted molar refractivity (Wildman–Crippen MR) is 75.7 cm³/mol. The summed E-state index contributed by atoms with van der Waals surface area (Å²) in [5.41, 5.74) is 2.60. The van der Waals surface area contributed by atoms with E-state index in [0.717, 1.165) is 34.1 Å². The highest BCUT2D eigenvalue weighted by molar-refractivity contribution is 6.04. The molecule has 3 nitrogen and oxygen atoms in total. The number of fused-ring (bicyclic) bond motifs is 1. The summed E-state index contributed by atoms with van der Waals surface area (Å²) in [6, 6.07) is 15.6. The minimum atomic E-state index is 0.612. The van der Waals surface area contributed by atoms with Crippen LogP contribution in [0.2, 0.25) is 0 Å². The summed E-state index contributed by atoms with van der Waals surface area (Å²) in [6.07, 6.45) is 0.857. The van der Waals surface area contributed by atoms with Gasteiger partial charge in [0.05, 0.1) is 18.5 Å². The second kappa shape index (κ2) is 4.61. The monoisotopic (exact) mass is 251 g/mol. The highest BCUT2D eigenvalue weighted by atomic mass is 16.5. The van der Waals surface area contributed by atoms with Gasteiger partial charge < -0.3 is 9.72 Å². The molecule has 0 aliphatic carbocycles. The van der Waals surface area contributed by atoms with Gasteiger partial charge in [0.15, 0.2) is 6.29 Å². The average Bonchev–Trinajstić information content (AvgIpc) is 2.86. The van der Waals surface area contributed by atoms with E-state index in [0.29, 0.717) is 5.69 Å². The van der Waals surface area contributed by atoms with Crippen molar-refractivity contribution in [2.45, 2.75) is 0 Å². The van der Waals surface area contributed by atoms with Crippen molar-refractivity contribution in [3.63, 3.8) is 0 Å². The van der Waals surface area contributed by atoms with E-state index in [4.69, 9.17) is 4.74 Å². The first-order chi connectivity index (χ1) is 9.33. The van der Waals surface area contributed by atoms with Crippen molar-refractivity contribution < 1.29 is 9.53 Å². The maximum Gasteiger partial charge on any atom is 0.166 e. The van der Waals surface area contributed by atoms with Gasteiger partial charge in [-0.2, -0.15) is 0 Å². The molecule has 0 radical (unpaired) electrons. The highest BCUT2D eigenvalue weighted by Crippen LogP contribution is 2.30. The Morgan fingerprint density at radius 3 is 2.32 bits per heavy atom. The van der Waals surface area contributed by atoms with Gasteiger partial charge in [0.25, 0.3) is 0 Å². The number of carbonyl (C=O) groups excluding carboxylic acids is 1. The molecule has 0 fully saturated rings. The van der Waals surface area contributed by atoms with Crippen molar-refractivity contribution in [2.75, 3.05) is 7.11 Å². The van der Waals surface area contributed by atoms with Gasteiger partial charge in [0.1, 0.15) is 5.75 Å². The van der Waals surface area contributed by atoms with E-state index in [1.807, 2.05) is 48.5 Å². The van der Waals surface area contributed by atoms with Crippen molar-refractivity contribution in [3.8, 4) is 17.0 Å². The quantitative estimate of drug-likeness (QED) is 0.722. The van der Waals surface area contributed by atoms with Crippen LogP contribution in [0, 0.1) is 0 Å². The fourth-order valence-electron chi connectivity index (χ4n) is 2.28. The lowest BCUT2D eigenvalue weighted by Gasteiger charge is -2.02. The number of nitrogens with one attached hydrogen (secondary N) is 1. The Labute approximate surface area is 110 Å². The Hall–Kier alpha value is -2.55. The molecule has 0 spiro atoms. The SMILES string of the molecule is COc1ccc(-c2[nH]c(C=O)c3ccccc23)cc1. The molecule has 0 saturated carbocycles. The zero-order valence-electron chi connectivity index (χ0n) is 10.5. The van der Waals surface area contributed by atoms with Gasteiger partial charge in [0.2, 0.25) is 0 Å². The van der Waals surface area contributed by atoms with Gasteiger partial charge in [-0.3, -0.25) is 4.79 Å². The molecular formula is C16H13NO2. The Bertz CT molecular complexity index is 726. The van der Waals surface area contributed by atoms with Crippen LogP contribution in [0.1, 0.15) is 10.5 Å². The van der Waals surface area contributed by atoms with E-state index in [9.17, 15) is 4.79 Å². The summed E-state index contributed by atoms with van der Waals surface area (Å²) in [6.45, 7) is 0. The predicted octanol–water partition coefficient (Wildman–Crippen LogP) is 3.66. The summed E-state index contributed by atoms with van der Waals surface area (Å²) in [5.74, 6) is 0.815. The maximum absolute atomic E-state index is 11.1. The van der Waals surface area contributed by atoms with Gasteiger partial charge in [-0.05, 0) is 29.8 Å². The highest BCUT2D eigenvalue weighted by Gasteiger charge is 2.10. The van der Waals surface area contributed by atoms with E-state index in [2.05, 4.69) is 4.98 Å². The molecule has 0 atom stereocenters. The zero-order valence-corrected chi connectivity index (χ0v) is 10.5. The van der Waals surface area contributed by atoms with Gasteiger partial charge in [0, 0.05) is 10.8 Å². The number of hydrogen-bond acceptors (Lipinski definition) is 2. The van der Waals surface area contributed by atoms with Crippen LogP contribution in [-0.4, -0.2) is 18.4 Å². The third kappa shape index (κ3) is 1.89. The lowest BCUT2D eigenvalue weighted by molar-refractivity contribution is 0.112. The number of H-pyrrole nitrogens is 1. The number of aromatic amines is 1. The molecule has 0 amide bonds. The van der Waals surface area contributed by atoms with Crippen LogP contribution >= 0.6 is 0 Å². The molecule has 3 heteroatoms. The molecule has 2 aromatic carbocycles. The second-order valence-electron chi connectivity index (χ2n) is 4.31. The summed E-state index contributed by atoms with van der Waals surface area (Å²) >= 11 is 0. The van der Waals surface area contributed by atoms with Crippen molar-refractivity contribution in [3.05, 3.63) is 54.2 Å². The molecule has 0 aliphatic rings. The van der Waals surface area contributed by atoms with Crippen molar-refractivity contribution in [1.29, 1.82) is 0 Å². The third-order valence-electron chi connectivity index (χ3n) is 3.24. The van der Waals surface area contributed by atoms with Crippen LogP contribution in [-0.2, 0) is 0 Å². The number of aromatic nitrogens is 1. The standard InChI is InChI=1S/C16H13NO2/c1-19-12-8-6-11(7-9-12)16-14-5-3-2-4-13(14)15(10-18)17-16/h2-10,17H,1H3. The first kappa shape index (κ1) is 11.5. The summed E-state index contributed by atoms with van der Waals surface area (Å²) in [4.78, 5) is 14.3. The average molecular weight is 251 g/mol. The van der Waals surface area contributed by atoms with E-state index in [1.54, 1.807) is 7.11 Å². The van der Waals surface area contributed by atoms with Crippen LogP contribution in [0.5, 0.6) is 5.75 Å². The van der Waals surface area contributed by atoms with Crippen LogP contribution in [0.4, 0.5) is 0 Å². The van der Waals surface area contributed by atoms with Crippen LogP contribution < -0.4 is 4.74 Å². The summed E-state index contributed by atoms with van der Waals surface area (Å²) in [5, 5.41) is 2.00. The van der Waals surface area contributed by atoms with Crippen molar-refractivity contribution in [2.24, 2.45) is 0 Å². The van der Waals surface area contributed by atoms with E-state index in [-0.39, 0.29) is 0 Å². The van der Waals surface area contributed by atoms with Gasteiger partial charge in [-0.15, -0.1) is 0 Å². The van der Waals surface area contributed by atoms with Crippen LogP contribution in [0.25, 0.3) is 22.0 Å². The van der Waals surface area contributed by atoms with Crippen LogP contribution in [0.15, 0.2) is 48.5 Å². The number of hydrogen-bond donors (Lipinski definition) is 1.